The summed E-state index contributed by atoms with van der Waals surface area (Å²) >= 11 is 0. The monoisotopic (exact) mass is 174 g/mol. The minimum absolute atomic E-state index is 0.501. The van der Waals surface area contributed by atoms with Crippen LogP contribution in [0.5, 0.6) is 0 Å². The predicted octanol–water partition coefficient (Wildman–Crippen LogP) is 3.37. The van der Waals surface area contributed by atoms with E-state index < -0.39 is 6.17 Å². The lowest BCUT2D eigenvalue weighted by atomic mass is 9.97. The van der Waals surface area contributed by atoms with Crippen molar-refractivity contribution in [3.8, 4) is 0 Å². The Balaban J connectivity index is 2.28. The Hall–Kier alpha value is -1.37. The molecule has 0 spiro atoms. The first-order valence-electron chi connectivity index (χ1n) is 4.43. The molecule has 1 heteroatoms. The zero-order valence-corrected chi connectivity index (χ0v) is 7.28. The zero-order chi connectivity index (χ0) is 9.10. The minimum Gasteiger partial charge on any atom is -0.243 e. The van der Waals surface area contributed by atoms with Crippen LogP contribution in [0, 0.1) is 0 Å². The van der Waals surface area contributed by atoms with Crippen LogP contribution in [0.25, 0.3) is 5.57 Å². The molecule has 0 aromatic heterocycles. The van der Waals surface area contributed by atoms with E-state index >= 15 is 0 Å². The van der Waals surface area contributed by atoms with E-state index in [1.165, 1.54) is 0 Å². The SMILES string of the molecule is FC1C=CC=C(c2ccccc2)C1. The number of halogens is 1. The van der Waals surface area contributed by atoms with Crippen molar-refractivity contribution >= 4 is 5.57 Å². The predicted molar refractivity (Wildman–Crippen MR) is 53.1 cm³/mol. The van der Waals surface area contributed by atoms with Gasteiger partial charge in [0, 0.05) is 6.42 Å². The molecular formula is C12H11F. The first kappa shape index (κ1) is 8.24. The van der Waals surface area contributed by atoms with Crippen LogP contribution < -0.4 is 0 Å². The summed E-state index contributed by atoms with van der Waals surface area (Å²) < 4.78 is 13.0. The summed E-state index contributed by atoms with van der Waals surface area (Å²) in [5.41, 5.74) is 2.20. The lowest BCUT2D eigenvalue weighted by Crippen LogP contribution is -2.00. The van der Waals surface area contributed by atoms with E-state index in [9.17, 15) is 4.39 Å². The molecule has 1 aromatic carbocycles. The highest BCUT2D eigenvalue weighted by molar-refractivity contribution is 5.68. The standard InChI is InChI=1S/C12H11F/c13-12-8-4-7-11(9-12)10-5-2-1-3-6-10/h1-8,12H,9H2. The molecule has 1 atom stereocenters. The molecule has 1 aliphatic rings. The molecule has 0 fully saturated rings. The number of hydrogen-bond donors (Lipinski definition) is 0. The van der Waals surface area contributed by atoms with E-state index in [1.807, 2.05) is 36.4 Å². The van der Waals surface area contributed by atoms with Crippen molar-refractivity contribution < 1.29 is 4.39 Å². The van der Waals surface area contributed by atoms with Crippen LogP contribution in [-0.2, 0) is 0 Å². The van der Waals surface area contributed by atoms with Gasteiger partial charge in [-0.2, -0.15) is 0 Å². The van der Waals surface area contributed by atoms with Gasteiger partial charge >= 0.3 is 0 Å². The molecule has 1 aliphatic carbocycles. The Bertz CT molecular complexity index is 335. The summed E-state index contributed by atoms with van der Waals surface area (Å²) in [6.07, 6.45) is 5.04. The third-order valence-corrected chi connectivity index (χ3v) is 2.18. The Morgan fingerprint density at radius 2 is 1.92 bits per heavy atom. The second kappa shape index (κ2) is 3.56. The molecule has 1 unspecified atom stereocenters. The first-order valence-corrected chi connectivity index (χ1v) is 4.43. The fraction of sp³-hybridized carbons (Fsp3) is 0.167. The van der Waals surface area contributed by atoms with Gasteiger partial charge in [-0.05, 0) is 11.1 Å². The lowest BCUT2D eigenvalue weighted by molar-refractivity contribution is 0.406. The maximum Gasteiger partial charge on any atom is 0.123 e. The van der Waals surface area contributed by atoms with Crippen molar-refractivity contribution in [3.05, 3.63) is 54.1 Å². The summed E-state index contributed by atoms with van der Waals surface area (Å²) in [7, 11) is 0. The Morgan fingerprint density at radius 3 is 2.62 bits per heavy atom. The number of allylic oxidation sites excluding steroid dienone is 4. The van der Waals surface area contributed by atoms with Gasteiger partial charge in [-0.3, -0.25) is 0 Å². The van der Waals surface area contributed by atoms with Crippen molar-refractivity contribution in [1.82, 2.24) is 0 Å². The molecule has 0 N–H and O–H groups in total. The van der Waals surface area contributed by atoms with Crippen molar-refractivity contribution in [1.29, 1.82) is 0 Å². The number of benzene rings is 1. The summed E-state index contributed by atoms with van der Waals surface area (Å²) in [5.74, 6) is 0. The summed E-state index contributed by atoms with van der Waals surface area (Å²) in [6.45, 7) is 0. The largest absolute Gasteiger partial charge is 0.243 e. The van der Waals surface area contributed by atoms with Gasteiger partial charge in [-0.1, -0.05) is 48.6 Å². The topological polar surface area (TPSA) is 0 Å². The summed E-state index contributed by atoms with van der Waals surface area (Å²) in [5, 5.41) is 0. The van der Waals surface area contributed by atoms with Crippen LogP contribution in [0.4, 0.5) is 4.39 Å². The van der Waals surface area contributed by atoms with Gasteiger partial charge in [0.1, 0.15) is 6.17 Å². The van der Waals surface area contributed by atoms with E-state index in [1.54, 1.807) is 12.2 Å². The average Bonchev–Trinajstić information content (AvgIpc) is 2.19. The lowest BCUT2D eigenvalue weighted by Gasteiger charge is -2.11. The smallest absolute Gasteiger partial charge is 0.123 e. The second-order valence-corrected chi connectivity index (χ2v) is 3.16. The average molecular weight is 174 g/mol. The zero-order valence-electron chi connectivity index (χ0n) is 7.28. The molecule has 0 saturated heterocycles. The first-order chi connectivity index (χ1) is 6.36. The van der Waals surface area contributed by atoms with E-state index in [2.05, 4.69) is 0 Å². The maximum atomic E-state index is 13.0. The molecule has 0 heterocycles. The van der Waals surface area contributed by atoms with E-state index in [0.29, 0.717) is 6.42 Å². The Labute approximate surface area is 77.4 Å². The van der Waals surface area contributed by atoms with E-state index in [-0.39, 0.29) is 0 Å². The molecule has 0 radical (unpaired) electrons. The highest BCUT2D eigenvalue weighted by Gasteiger charge is 2.10. The van der Waals surface area contributed by atoms with Crippen LogP contribution in [0.15, 0.2) is 48.6 Å². The summed E-state index contributed by atoms with van der Waals surface area (Å²) in [6, 6.07) is 9.94. The van der Waals surface area contributed by atoms with Gasteiger partial charge in [-0.15, -0.1) is 0 Å². The van der Waals surface area contributed by atoms with Gasteiger partial charge < -0.3 is 0 Å². The molecule has 0 saturated carbocycles. The number of rotatable bonds is 1. The molecule has 1 aromatic rings. The fourth-order valence-corrected chi connectivity index (χ4v) is 1.50. The molecular weight excluding hydrogens is 163 g/mol. The Morgan fingerprint density at radius 1 is 1.15 bits per heavy atom. The Kier molecular flexibility index (Phi) is 2.26. The highest BCUT2D eigenvalue weighted by atomic mass is 19.1. The van der Waals surface area contributed by atoms with Crippen LogP contribution in [0.3, 0.4) is 0 Å². The van der Waals surface area contributed by atoms with E-state index in [0.717, 1.165) is 11.1 Å². The molecule has 66 valence electrons. The van der Waals surface area contributed by atoms with Crippen LogP contribution >= 0.6 is 0 Å². The number of alkyl halides is 1. The van der Waals surface area contributed by atoms with Crippen molar-refractivity contribution in [2.45, 2.75) is 12.6 Å². The molecule has 2 rings (SSSR count). The number of hydrogen-bond acceptors (Lipinski definition) is 0. The minimum atomic E-state index is -0.819. The third-order valence-electron chi connectivity index (χ3n) is 2.18. The second-order valence-electron chi connectivity index (χ2n) is 3.16. The van der Waals surface area contributed by atoms with Crippen LogP contribution in [0.1, 0.15) is 12.0 Å². The van der Waals surface area contributed by atoms with Gasteiger partial charge in [0.2, 0.25) is 0 Å². The van der Waals surface area contributed by atoms with Gasteiger partial charge in [0.05, 0.1) is 0 Å². The van der Waals surface area contributed by atoms with Gasteiger partial charge in [0.15, 0.2) is 0 Å². The highest BCUT2D eigenvalue weighted by Crippen LogP contribution is 2.24. The third kappa shape index (κ3) is 1.86. The molecule has 0 aliphatic heterocycles. The molecule has 0 bridgehead atoms. The quantitative estimate of drug-likeness (QED) is 0.612. The van der Waals surface area contributed by atoms with Crippen molar-refractivity contribution in [2.24, 2.45) is 0 Å². The van der Waals surface area contributed by atoms with Crippen LogP contribution in [-0.4, -0.2) is 6.17 Å². The van der Waals surface area contributed by atoms with E-state index in [4.69, 9.17) is 0 Å². The van der Waals surface area contributed by atoms with Gasteiger partial charge in [0.25, 0.3) is 0 Å². The summed E-state index contributed by atoms with van der Waals surface area (Å²) in [4.78, 5) is 0. The fourth-order valence-electron chi connectivity index (χ4n) is 1.50. The van der Waals surface area contributed by atoms with Gasteiger partial charge in [-0.25, -0.2) is 4.39 Å². The maximum absolute atomic E-state index is 13.0. The van der Waals surface area contributed by atoms with Crippen molar-refractivity contribution in [3.63, 3.8) is 0 Å². The molecule has 0 amide bonds. The molecule has 0 nitrogen and oxygen atoms in total. The van der Waals surface area contributed by atoms with Crippen molar-refractivity contribution in [2.75, 3.05) is 0 Å². The molecule has 13 heavy (non-hydrogen) atoms. The normalized spacial score (nSPS) is 21.3. The van der Waals surface area contributed by atoms with Crippen LogP contribution in [0.2, 0.25) is 0 Å².